The Morgan fingerprint density at radius 1 is 1.27 bits per heavy atom. The summed E-state index contributed by atoms with van der Waals surface area (Å²) >= 11 is 0. The number of imidazole rings is 1. The summed E-state index contributed by atoms with van der Waals surface area (Å²) in [5.74, 6) is -0.00277. The van der Waals surface area contributed by atoms with Crippen molar-refractivity contribution in [3.63, 3.8) is 0 Å². The van der Waals surface area contributed by atoms with Gasteiger partial charge in [0.1, 0.15) is 5.65 Å². The Morgan fingerprint density at radius 3 is 2.73 bits per heavy atom. The molecule has 5 heteroatoms. The summed E-state index contributed by atoms with van der Waals surface area (Å²) in [6.45, 7) is 1.82. The highest BCUT2D eigenvalue weighted by molar-refractivity contribution is 5.90. The van der Waals surface area contributed by atoms with Gasteiger partial charge in [-0.2, -0.15) is 0 Å². The van der Waals surface area contributed by atoms with Gasteiger partial charge in [-0.05, 0) is 29.8 Å². The number of nitrogens with zero attached hydrogens (tertiary/aromatic N) is 2. The molecule has 0 radical (unpaired) electrons. The van der Waals surface area contributed by atoms with Gasteiger partial charge in [-0.3, -0.25) is 4.79 Å². The lowest BCUT2D eigenvalue weighted by molar-refractivity contribution is -0.115. The highest BCUT2D eigenvalue weighted by Gasteiger charge is 2.06. The lowest BCUT2D eigenvalue weighted by Gasteiger charge is -2.03. The van der Waals surface area contributed by atoms with Crippen LogP contribution in [0.3, 0.4) is 0 Å². The molecular formula is C17H17N3O2. The second-order valence-corrected chi connectivity index (χ2v) is 5.06. The normalized spacial score (nSPS) is 10.8. The number of benzene rings is 1. The predicted molar refractivity (Wildman–Crippen MR) is 85.5 cm³/mol. The van der Waals surface area contributed by atoms with Crippen LogP contribution in [0.4, 0.5) is 5.69 Å². The number of hydrogen-bond acceptors (Lipinski definition) is 3. The Labute approximate surface area is 128 Å². The van der Waals surface area contributed by atoms with Gasteiger partial charge in [-0.25, -0.2) is 4.98 Å². The van der Waals surface area contributed by atoms with Crippen LogP contribution >= 0.6 is 0 Å². The van der Waals surface area contributed by atoms with E-state index in [-0.39, 0.29) is 12.5 Å². The molecule has 0 fully saturated rings. The summed E-state index contributed by atoms with van der Waals surface area (Å²) in [5, 5.41) is 12.0. The number of amides is 1. The molecule has 0 aliphatic rings. The smallest absolute Gasteiger partial charge is 0.224 e. The van der Waals surface area contributed by atoms with Gasteiger partial charge in [0.25, 0.3) is 0 Å². The van der Waals surface area contributed by atoms with E-state index in [4.69, 9.17) is 0 Å². The van der Waals surface area contributed by atoms with E-state index < -0.39 is 0 Å². The molecule has 0 aliphatic heterocycles. The van der Waals surface area contributed by atoms with Crippen molar-refractivity contribution in [2.24, 2.45) is 0 Å². The molecule has 0 atom stereocenters. The van der Waals surface area contributed by atoms with Gasteiger partial charge < -0.3 is 14.8 Å². The van der Waals surface area contributed by atoms with Gasteiger partial charge in [0.15, 0.2) is 0 Å². The molecule has 0 bridgehead atoms. The van der Waals surface area contributed by atoms with Gasteiger partial charge in [-0.1, -0.05) is 19.1 Å². The van der Waals surface area contributed by atoms with Crippen LogP contribution in [0.1, 0.15) is 18.9 Å². The van der Waals surface area contributed by atoms with Crippen molar-refractivity contribution >= 4 is 17.2 Å². The minimum atomic E-state index is -0.00277. The summed E-state index contributed by atoms with van der Waals surface area (Å²) in [4.78, 5) is 15.9. The van der Waals surface area contributed by atoms with Crippen LogP contribution in [0.15, 0.2) is 48.8 Å². The fraction of sp³-hybridized carbons (Fsp3) is 0.176. The summed E-state index contributed by atoms with van der Waals surface area (Å²) in [5.41, 5.74) is 4.24. The van der Waals surface area contributed by atoms with Crippen molar-refractivity contribution in [1.82, 2.24) is 9.38 Å². The number of fused-ring (bicyclic) bond motifs is 1. The van der Waals surface area contributed by atoms with Crippen LogP contribution in [-0.4, -0.2) is 20.4 Å². The maximum atomic E-state index is 11.4. The van der Waals surface area contributed by atoms with E-state index >= 15 is 0 Å². The number of aliphatic hydroxyl groups excluding tert-OH is 1. The third-order valence-electron chi connectivity index (χ3n) is 3.49. The zero-order valence-corrected chi connectivity index (χ0v) is 12.3. The molecule has 112 valence electrons. The summed E-state index contributed by atoms with van der Waals surface area (Å²) in [6, 6.07) is 11.3. The van der Waals surface area contributed by atoms with Gasteiger partial charge in [0, 0.05) is 30.1 Å². The SMILES string of the molecule is CCC(=O)Nc1ccc(-c2cn3ccc(CO)cc3n2)cc1. The highest BCUT2D eigenvalue weighted by Crippen LogP contribution is 2.21. The largest absolute Gasteiger partial charge is 0.392 e. The van der Waals surface area contributed by atoms with Gasteiger partial charge in [0.2, 0.25) is 5.91 Å². The molecule has 5 nitrogen and oxygen atoms in total. The molecule has 0 aliphatic carbocycles. The monoisotopic (exact) mass is 295 g/mol. The summed E-state index contributed by atoms with van der Waals surface area (Å²) < 4.78 is 1.92. The quantitative estimate of drug-likeness (QED) is 0.777. The second-order valence-electron chi connectivity index (χ2n) is 5.06. The number of aliphatic hydroxyl groups is 1. The van der Waals surface area contributed by atoms with E-state index in [0.717, 1.165) is 28.2 Å². The van der Waals surface area contributed by atoms with Crippen molar-refractivity contribution < 1.29 is 9.90 Å². The van der Waals surface area contributed by atoms with Crippen molar-refractivity contribution in [3.8, 4) is 11.3 Å². The lowest BCUT2D eigenvalue weighted by Crippen LogP contribution is -2.08. The highest BCUT2D eigenvalue weighted by atomic mass is 16.3. The van der Waals surface area contributed by atoms with E-state index in [1.807, 2.05) is 60.1 Å². The molecule has 0 unspecified atom stereocenters. The zero-order valence-electron chi connectivity index (χ0n) is 12.3. The Bertz CT molecular complexity index is 806. The van der Waals surface area contributed by atoms with Gasteiger partial charge in [0.05, 0.1) is 12.3 Å². The van der Waals surface area contributed by atoms with Gasteiger partial charge in [-0.15, -0.1) is 0 Å². The van der Waals surface area contributed by atoms with Crippen LogP contribution in [0, 0.1) is 0 Å². The molecule has 0 saturated heterocycles. The Kier molecular flexibility index (Phi) is 3.89. The first-order valence-electron chi connectivity index (χ1n) is 7.18. The van der Waals surface area contributed by atoms with Crippen LogP contribution in [0.2, 0.25) is 0 Å². The van der Waals surface area contributed by atoms with E-state index in [1.54, 1.807) is 0 Å². The van der Waals surface area contributed by atoms with Crippen LogP contribution in [-0.2, 0) is 11.4 Å². The molecule has 2 heterocycles. The van der Waals surface area contributed by atoms with Crippen molar-refractivity contribution in [2.45, 2.75) is 20.0 Å². The molecule has 2 N–H and O–H groups in total. The number of anilines is 1. The van der Waals surface area contributed by atoms with E-state index in [1.165, 1.54) is 0 Å². The molecular weight excluding hydrogens is 278 g/mol. The van der Waals surface area contributed by atoms with Crippen LogP contribution in [0.5, 0.6) is 0 Å². The van der Waals surface area contributed by atoms with Crippen molar-refractivity contribution in [2.75, 3.05) is 5.32 Å². The Hall–Kier alpha value is -2.66. The third-order valence-corrected chi connectivity index (χ3v) is 3.49. The number of carbonyl (C=O) groups excluding carboxylic acids is 1. The predicted octanol–water partition coefficient (Wildman–Crippen LogP) is 2.84. The number of carbonyl (C=O) groups is 1. The molecule has 3 aromatic rings. The van der Waals surface area contributed by atoms with Crippen molar-refractivity contribution in [3.05, 3.63) is 54.4 Å². The first-order valence-corrected chi connectivity index (χ1v) is 7.18. The maximum Gasteiger partial charge on any atom is 0.224 e. The molecule has 22 heavy (non-hydrogen) atoms. The Balaban J connectivity index is 1.88. The summed E-state index contributed by atoms with van der Waals surface area (Å²) in [7, 11) is 0. The zero-order chi connectivity index (χ0) is 15.5. The number of nitrogens with one attached hydrogen (secondary N) is 1. The molecule has 3 rings (SSSR count). The fourth-order valence-electron chi connectivity index (χ4n) is 2.24. The Morgan fingerprint density at radius 2 is 2.05 bits per heavy atom. The standard InChI is InChI=1S/C17H17N3O2/c1-2-17(22)18-14-5-3-13(4-6-14)15-10-20-8-7-12(11-21)9-16(20)19-15/h3-10,21H,2,11H2,1H3,(H,18,22). The first kappa shape index (κ1) is 14.3. The second kappa shape index (κ2) is 5.99. The first-order chi connectivity index (χ1) is 10.7. The fourth-order valence-corrected chi connectivity index (χ4v) is 2.24. The van der Waals surface area contributed by atoms with E-state index in [0.29, 0.717) is 6.42 Å². The van der Waals surface area contributed by atoms with Crippen molar-refractivity contribution in [1.29, 1.82) is 0 Å². The number of rotatable bonds is 4. The number of pyridine rings is 1. The lowest BCUT2D eigenvalue weighted by atomic mass is 10.1. The van der Waals surface area contributed by atoms with E-state index in [2.05, 4.69) is 10.3 Å². The topological polar surface area (TPSA) is 66.6 Å². The average Bonchev–Trinajstić information content (AvgIpc) is 2.98. The minimum absolute atomic E-state index is 0.00277. The van der Waals surface area contributed by atoms with Crippen LogP contribution < -0.4 is 5.32 Å². The average molecular weight is 295 g/mol. The number of aromatic nitrogens is 2. The molecule has 1 aromatic carbocycles. The molecule has 0 saturated carbocycles. The van der Waals surface area contributed by atoms with Gasteiger partial charge >= 0.3 is 0 Å². The van der Waals surface area contributed by atoms with Crippen LogP contribution in [0.25, 0.3) is 16.9 Å². The van der Waals surface area contributed by atoms with E-state index in [9.17, 15) is 9.90 Å². The molecule has 1 amide bonds. The maximum absolute atomic E-state index is 11.4. The minimum Gasteiger partial charge on any atom is -0.392 e. The number of hydrogen-bond donors (Lipinski definition) is 2. The summed E-state index contributed by atoms with van der Waals surface area (Å²) in [6.07, 6.45) is 4.28. The molecule has 0 spiro atoms. The third kappa shape index (κ3) is 2.84. The molecule has 2 aromatic heterocycles.